The highest BCUT2D eigenvalue weighted by molar-refractivity contribution is 6.04. The molecule has 0 fully saturated rings. The van der Waals surface area contributed by atoms with Crippen LogP contribution in [-0.4, -0.2) is 19.1 Å². The molecule has 0 atom stereocenters. The Kier molecular flexibility index (Phi) is 4.20. The van der Waals surface area contributed by atoms with Gasteiger partial charge >= 0.3 is 0 Å². The van der Waals surface area contributed by atoms with Crippen molar-refractivity contribution in [1.29, 1.82) is 0 Å². The molecule has 1 heterocycles. The Morgan fingerprint density at radius 1 is 1.42 bits per heavy atom. The van der Waals surface area contributed by atoms with Crippen LogP contribution < -0.4 is 15.8 Å². The Bertz CT molecular complexity index is 563. The number of carbonyl (C=O) groups is 1. The first-order valence-corrected chi connectivity index (χ1v) is 5.98. The summed E-state index contributed by atoms with van der Waals surface area (Å²) < 4.78 is 10.5. The first kappa shape index (κ1) is 13.2. The van der Waals surface area contributed by atoms with E-state index in [-0.39, 0.29) is 5.91 Å². The third kappa shape index (κ3) is 3.59. The molecule has 0 unspecified atom stereocenters. The van der Waals surface area contributed by atoms with E-state index in [0.29, 0.717) is 35.9 Å². The number of hydrogen-bond acceptors (Lipinski definition) is 4. The minimum Gasteiger partial charge on any atom is -0.492 e. The van der Waals surface area contributed by atoms with Gasteiger partial charge in [-0.15, -0.1) is 0 Å². The molecule has 3 N–H and O–H groups in total. The summed E-state index contributed by atoms with van der Waals surface area (Å²) in [7, 11) is 0. The Hall–Kier alpha value is -2.27. The van der Waals surface area contributed by atoms with Crippen molar-refractivity contribution >= 4 is 11.6 Å². The van der Waals surface area contributed by atoms with Crippen LogP contribution in [0.1, 0.15) is 16.1 Å². The predicted molar refractivity (Wildman–Crippen MR) is 72.4 cm³/mol. The fraction of sp³-hybridized carbons (Fsp3) is 0.214. The number of benzene rings is 1. The topological polar surface area (TPSA) is 77.5 Å². The maximum absolute atomic E-state index is 11.9. The molecule has 1 aromatic heterocycles. The molecule has 5 nitrogen and oxygen atoms in total. The van der Waals surface area contributed by atoms with Crippen LogP contribution in [0, 0.1) is 6.92 Å². The molecule has 0 saturated heterocycles. The van der Waals surface area contributed by atoms with Crippen molar-refractivity contribution in [2.75, 3.05) is 18.5 Å². The second-order valence-corrected chi connectivity index (χ2v) is 4.07. The van der Waals surface area contributed by atoms with Gasteiger partial charge in [0.1, 0.15) is 24.4 Å². The average Bonchev–Trinajstić information content (AvgIpc) is 2.83. The number of aryl methyl sites for hydroxylation is 1. The molecule has 0 spiro atoms. The number of ether oxygens (including phenoxy) is 1. The lowest BCUT2D eigenvalue weighted by Gasteiger charge is -2.07. The monoisotopic (exact) mass is 260 g/mol. The van der Waals surface area contributed by atoms with Crippen molar-refractivity contribution in [3.8, 4) is 5.75 Å². The van der Waals surface area contributed by atoms with Gasteiger partial charge in [0, 0.05) is 18.3 Å². The SMILES string of the molecule is Cc1cc(C(=O)Nc2cccc(OCCN)c2)co1. The zero-order valence-electron chi connectivity index (χ0n) is 10.7. The Labute approximate surface area is 111 Å². The zero-order valence-corrected chi connectivity index (χ0v) is 10.7. The van der Waals surface area contributed by atoms with Crippen molar-refractivity contribution < 1.29 is 13.9 Å². The second kappa shape index (κ2) is 6.06. The Morgan fingerprint density at radius 2 is 2.26 bits per heavy atom. The molecule has 0 saturated carbocycles. The lowest BCUT2D eigenvalue weighted by atomic mass is 10.2. The molecule has 0 aliphatic rings. The van der Waals surface area contributed by atoms with Crippen LogP contribution in [0.3, 0.4) is 0 Å². The summed E-state index contributed by atoms with van der Waals surface area (Å²) >= 11 is 0. The van der Waals surface area contributed by atoms with Gasteiger partial charge in [-0.3, -0.25) is 4.79 Å². The lowest BCUT2D eigenvalue weighted by molar-refractivity contribution is 0.102. The van der Waals surface area contributed by atoms with Crippen molar-refractivity contribution in [2.24, 2.45) is 5.73 Å². The number of nitrogens with one attached hydrogen (secondary N) is 1. The molecule has 1 amide bonds. The average molecular weight is 260 g/mol. The highest BCUT2D eigenvalue weighted by Gasteiger charge is 2.09. The van der Waals surface area contributed by atoms with E-state index in [1.54, 1.807) is 25.1 Å². The Morgan fingerprint density at radius 3 is 2.95 bits per heavy atom. The minimum atomic E-state index is -0.215. The summed E-state index contributed by atoms with van der Waals surface area (Å²) in [5.41, 5.74) is 6.52. The van der Waals surface area contributed by atoms with Crippen LogP contribution in [0.25, 0.3) is 0 Å². The van der Waals surface area contributed by atoms with E-state index in [0.717, 1.165) is 0 Å². The molecular formula is C14H16N2O3. The van der Waals surface area contributed by atoms with Gasteiger partial charge in [0.25, 0.3) is 5.91 Å². The van der Waals surface area contributed by atoms with Gasteiger partial charge in [-0.1, -0.05) is 6.07 Å². The third-order valence-electron chi connectivity index (χ3n) is 2.47. The molecular weight excluding hydrogens is 244 g/mol. The molecule has 0 bridgehead atoms. The van der Waals surface area contributed by atoms with Crippen molar-refractivity contribution in [3.63, 3.8) is 0 Å². The van der Waals surface area contributed by atoms with Gasteiger partial charge in [-0.25, -0.2) is 0 Å². The molecule has 2 rings (SSSR count). The molecule has 2 aromatic rings. The van der Waals surface area contributed by atoms with Crippen LogP contribution in [0.2, 0.25) is 0 Å². The summed E-state index contributed by atoms with van der Waals surface area (Å²) in [5.74, 6) is 1.16. The fourth-order valence-corrected chi connectivity index (χ4v) is 1.61. The summed E-state index contributed by atoms with van der Waals surface area (Å²) in [4.78, 5) is 11.9. The molecule has 0 radical (unpaired) electrons. The van der Waals surface area contributed by atoms with Gasteiger partial charge in [0.2, 0.25) is 0 Å². The largest absolute Gasteiger partial charge is 0.492 e. The minimum absolute atomic E-state index is 0.215. The summed E-state index contributed by atoms with van der Waals surface area (Å²) in [6.07, 6.45) is 1.43. The maximum atomic E-state index is 11.9. The van der Waals surface area contributed by atoms with Crippen LogP contribution in [0.15, 0.2) is 41.0 Å². The van der Waals surface area contributed by atoms with E-state index < -0.39 is 0 Å². The second-order valence-electron chi connectivity index (χ2n) is 4.07. The van der Waals surface area contributed by atoms with Gasteiger partial charge < -0.3 is 20.2 Å². The first-order chi connectivity index (χ1) is 9.19. The number of amides is 1. The van der Waals surface area contributed by atoms with E-state index in [1.165, 1.54) is 6.26 Å². The number of furan rings is 1. The van der Waals surface area contributed by atoms with Crippen LogP contribution in [0.4, 0.5) is 5.69 Å². The summed E-state index contributed by atoms with van der Waals surface area (Å²) in [6.45, 7) is 2.68. The number of carbonyl (C=O) groups excluding carboxylic acids is 1. The number of nitrogens with two attached hydrogens (primary N) is 1. The maximum Gasteiger partial charge on any atom is 0.258 e. The summed E-state index contributed by atoms with van der Waals surface area (Å²) in [6, 6.07) is 8.85. The first-order valence-electron chi connectivity index (χ1n) is 5.98. The van der Waals surface area contributed by atoms with E-state index in [4.69, 9.17) is 14.9 Å². The van der Waals surface area contributed by atoms with Crippen LogP contribution >= 0.6 is 0 Å². The fourth-order valence-electron chi connectivity index (χ4n) is 1.61. The molecule has 1 aromatic carbocycles. The summed E-state index contributed by atoms with van der Waals surface area (Å²) in [5, 5.41) is 2.78. The zero-order chi connectivity index (χ0) is 13.7. The standard InChI is InChI=1S/C14H16N2O3/c1-10-7-11(9-19-10)14(17)16-12-3-2-4-13(8-12)18-6-5-15/h2-4,7-9H,5-6,15H2,1H3,(H,16,17). The molecule has 0 aliphatic heterocycles. The van der Waals surface area contributed by atoms with Crippen molar-refractivity contribution in [1.82, 2.24) is 0 Å². The van der Waals surface area contributed by atoms with Gasteiger partial charge in [0.05, 0.1) is 5.56 Å². The van der Waals surface area contributed by atoms with Crippen molar-refractivity contribution in [2.45, 2.75) is 6.92 Å². The predicted octanol–water partition coefficient (Wildman–Crippen LogP) is 2.18. The van der Waals surface area contributed by atoms with Crippen LogP contribution in [-0.2, 0) is 0 Å². The lowest BCUT2D eigenvalue weighted by Crippen LogP contribution is -2.12. The molecule has 100 valence electrons. The van der Waals surface area contributed by atoms with E-state index in [2.05, 4.69) is 5.32 Å². The molecule has 5 heteroatoms. The van der Waals surface area contributed by atoms with Gasteiger partial charge in [0.15, 0.2) is 0 Å². The van der Waals surface area contributed by atoms with E-state index >= 15 is 0 Å². The van der Waals surface area contributed by atoms with Crippen LogP contribution in [0.5, 0.6) is 5.75 Å². The van der Waals surface area contributed by atoms with E-state index in [1.807, 2.05) is 12.1 Å². The van der Waals surface area contributed by atoms with E-state index in [9.17, 15) is 4.79 Å². The number of rotatable bonds is 5. The number of anilines is 1. The highest BCUT2D eigenvalue weighted by atomic mass is 16.5. The Balaban J connectivity index is 2.04. The number of hydrogen-bond donors (Lipinski definition) is 2. The molecule has 0 aliphatic carbocycles. The van der Waals surface area contributed by atoms with Crippen molar-refractivity contribution in [3.05, 3.63) is 47.9 Å². The third-order valence-corrected chi connectivity index (χ3v) is 2.47. The smallest absolute Gasteiger partial charge is 0.258 e. The normalized spacial score (nSPS) is 10.2. The highest BCUT2D eigenvalue weighted by Crippen LogP contribution is 2.18. The molecule has 19 heavy (non-hydrogen) atoms. The van der Waals surface area contributed by atoms with Gasteiger partial charge in [-0.05, 0) is 25.1 Å². The van der Waals surface area contributed by atoms with Gasteiger partial charge in [-0.2, -0.15) is 0 Å². The quantitative estimate of drug-likeness (QED) is 0.863.